The summed E-state index contributed by atoms with van der Waals surface area (Å²) in [6.45, 7) is 0. The molecule has 0 aromatic heterocycles. The van der Waals surface area contributed by atoms with Gasteiger partial charge in [-0.25, -0.2) is 0 Å². The molecule has 0 amide bonds. The molecule has 1 fully saturated rings. The van der Waals surface area contributed by atoms with Gasteiger partial charge in [-0.15, -0.1) is 0 Å². The van der Waals surface area contributed by atoms with Gasteiger partial charge in [0.1, 0.15) is 0 Å². The number of rotatable bonds is 3. The second-order valence-corrected chi connectivity index (χ2v) is 5.11. The molecule has 0 heterocycles. The molecule has 2 heteroatoms. The van der Waals surface area contributed by atoms with E-state index in [0.717, 1.165) is 5.69 Å². The Hall–Kier alpha value is -2.27. The Labute approximate surface area is 113 Å². The van der Waals surface area contributed by atoms with Gasteiger partial charge in [-0.3, -0.25) is 0 Å². The van der Waals surface area contributed by atoms with Crippen LogP contribution in [0.2, 0.25) is 0 Å². The zero-order valence-corrected chi connectivity index (χ0v) is 10.7. The maximum Gasteiger partial charge on any atom is 0.0991 e. The van der Waals surface area contributed by atoms with E-state index < -0.39 is 0 Å². The van der Waals surface area contributed by atoms with Crippen LogP contribution in [0, 0.1) is 11.3 Å². The summed E-state index contributed by atoms with van der Waals surface area (Å²) in [4.78, 5) is 0. The van der Waals surface area contributed by atoms with Crippen molar-refractivity contribution in [3.8, 4) is 6.07 Å². The minimum atomic E-state index is 0.554. The average Bonchev–Trinajstić information content (AvgIpc) is 2.44. The first kappa shape index (κ1) is 11.8. The highest BCUT2D eigenvalue weighted by molar-refractivity contribution is 5.48. The average molecular weight is 248 g/mol. The molecule has 0 saturated heterocycles. The van der Waals surface area contributed by atoms with Crippen molar-refractivity contribution < 1.29 is 0 Å². The van der Waals surface area contributed by atoms with Gasteiger partial charge in [-0.05, 0) is 48.6 Å². The van der Waals surface area contributed by atoms with Gasteiger partial charge in [0.2, 0.25) is 0 Å². The van der Waals surface area contributed by atoms with E-state index in [0.29, 0.717) is 17.5 Å². The predicted molar refractivity (Wildman–Crippen MR) is 77.0 cm³/mol. The third kappa shape index (κ3) is 2.61. The Bertz CT molecular complexity index is 575. The van der Waals surface area contributed by atoms with Crippen LogP contribution < -0.4 is 5.32 Å². The zero-order chi connectivity index (χ0) is 13.1. The summed E-state index contributed by atoms with van der Waals surface area (Å²) in [5.41, 5.74) is 3.26. The molecule has 2 aromatic carbocycles. The number of benzene rings is 2. The molecule has 0 spiro atoms. The van der Waals surface area contributed by atoms with Crippen molar-refractivity contribution in [1.29, 1.82) is 5.26 Å². The molecule has 0 bridgehead atoms. The van der Waals surface area contributed by atoms with E-state index in [9.17, 15) is 0 Å². The minimum Gasteiger partial charge on any atom is -0.382 e. The zero-order valence-electron chi connectivity index (χ0n) is 10.7. The molecule has 3 rings (SSSR count). The van der Waals surface area contributed by atoms with Crippen LogP contribution in [0.4, 0.5) is 5.69 Å². The number of hydrogen-bond acceptors (Lipinski definition) is 2. The van der Waals surface area contributed by atoms with Crippen molar-refractivity contribution in [2.24, 2.45) is 0 Å². The molecule has 0 atom stereocenters. The molecule has 0 radical (unpaired) electrons. The van der Waals surface area contributed by atoms with E-state index >= 15 is 0 Å². The molecule has 1 N–H and O–H groups in total. The summed E-state index contributed by atoms with van der Waals surface area (Å²) >= 11 is 0. The number of hydrogen-bond donors (Lipinski definition) is 1. The van der Waals surface area contributed by atoms with Gasteiger partial charge in [0.25, 0.3) is 0 Å². The standard InChI is InChI=1S/C17H16N2/c18-12-13-6-8-16(9-7-13)19-17-10-15(11-17)14-4-2-1-3-5-14/h1-9,15,17,19H,10-11H2. The third-order valence-corrected chi connectivity index (χ3v) is 3.79. The van der Waals surface area contributed by atoms with Crippen LogP contribution >= 0.6 is 0 Å². The second-order valence-electron chi connectivity index (χ2n) is 5.11. The lowest BCUT2D eigenvalue weighted by Crippen LogP contribution is -2.33. The molecule has 0 unspecified atom stereocenters. The van der Waals surface area contributed by atoms with Gasteiger partial charge in [0.15, 0.2) is 0 Å². The van der Waals surface area contributed by atoms with Crippen molar-refractivity contribution in [3.05, 3.63) is 65.7 Å². The number of anilines is 1. The summed E-state index contributed by atoms with van der Waals surface area (Å²) in [5, 5.41) is 12.3. The lowest BCUT2D eigenvalue weighted by Gasteiger charge is -2.37. The minimum absolute atomic E-state index is 0.554. The molecule has 2 aromatic rings. The second kappa shape index (κ2) is 5.16. The molecule has 0 aliphatic heterocycles. The summed E-state index contributed by atoms with van der Waals surface area (Å²) < 4.78 is 0. The number of nitrogens with one attached hydrogen (secondary N) is 1. The van der Waals surface area contributed by atoms with E-state index in [-0.39, 0.29) is 0 Å². The van der Waals surface area contributed by atoms with Crippen LogP contribution in [0.25, 0.3) is 0 Å². The highest BCUT2D eigenvalue weighted by atomic mass is 14.9. The van der Waals surface area contributed by atoms with Crippen LogP contribution in [-0.2, 0) is 0 Å². The van der Waals surface area contributed by atoms with Crippen LogP contribution in [0.15, 0.2) is 54.6 Å². The Morgan fingerprint density at radius 1 is 0.947 bits per heavy atom. The molecular weight excluding hydrogens is 232 g/mol. The Kier molecular flexibility index (Phi) is 3.20. The molecule has 19 heavy (non-hydrogen) atoms. The highest BCUT2D eigenvalue weighted by Crippen LogP contribution is 2.38. The fraction of sp³-hybridized carbons (Fsp3) is 0.235. The van der Waals surface area contributed by atoms with Crippen molar-refractivity contribution in [1.82, 2.24) is 0 Å². The molecule has 94 valence electrons. The van der Waals surface area contributed by atoms with Crippen LogP contribution in [0.1, 0.15) is 29.9 Å². The first-order valence-corrected chi connectivity index (χ1v) is 6.67. The van der Waals surface area contributed by atoms with E-state index in [1.165, 1.54) is 18.4 Å². The van der Waals surface area contributed by atoms with Gasteiger partial charge < -0.3 is 5.32 Å². The Morgan fingerprint density at radius 2 is 1.63 bits per heavy atom. The summed E-state index contributed by atoms with van der Waals surface area (Å²) in [6.07, 6.45) is 2.37. The van der Waals surface area contributed by atoms with Crippen molar-refractivity contribution in [3.63, 3.8) is 0 Å². The molecule has 1 aliphatic carbocycles. The van der Waals surface area contributed by atoms with Crippen molar-refractivity contribution >= 4 is 5.69 Å². The quantitative estimate of drug-likeness (QED) is 0.893. The monoisotopic (exact) mass is 248 g/mol. The number of nitriles is 1. The SMILES string of the molecule is N#Cc1ccc(NC2CC(c3ccccc3)C2)cc1. The third-order valence-electron chi connectivity index (χ3n) is 3.79. The summed E-state index contributed by atoms with van der Waals surface area (Å²) in [5.74, 6) is 0.692. The topological polar surface area (TPSA) is 35.8 Å². The van der Waals surface area contributed by atoms with Gasteiger partial charge in [-0.1, -0.05) is 30.3 Å². The lowest BCUT2D eigenvalue weighted by molar-refractivity contribution is 0.374. The van der Waals surface area contributed by atoms with Crippen LogP contribution in [0.5, 0.6) is 0 Å². The fourth-order valence-corrected chi connectivity index (χ4v) is 2.61. The molecule has 1 aliphatic rings. The normalized spacial score (nSPS) is 21.2. The van der Waals surface area contributed by atoms with E-state index in [1.54, 1.807) is 0 Å². The van der Waals surface area contributed by atoms with Gasteiger partial charge in [0, 0.05) is 11.7 Å². The van der Waals surface area contributed by atoms with E-state index in [1.807, 2.05) is 24.3 Å². The smallest absolute Gasteiger partial charge is 0.0991 e. The van der Waals surface area contributed by atoms with E-state index in [2.05, 4.69) is 41.7 Å². The van der Waals surface area contributed by atoms with Gasteiger partial charge in [0.05, 0.1) is 11.6 Å². The highest BCUT2D eigenvalue weighted by Gasteiger charge is 2.29. The predicted octanol–water partition coefficient (Wildman–Crippen LogP) is 3.92. The maximum atomic E-state index is 8.76. The van der Waals surface area contributed by atoms with Crippen molar-refractivity contribution in [2.45, 2.75) is 24.8 Å². The first-order chi connectivity index (χ1) is 9.35. The molecule has 1 saturated carbocycles. The Balaban J connectivity index is 1.55. The number of nitrogens with zero attached hydrogens (tertiary/aromatic N) is 1. The van der Waals surface area contributed by atoms with Gasteiger partial charge >= 0.3 is 0 Å². The summed E-state index contributed by atoms with van der Waals surface area (Å²) in [6, 6.07) is 21.1. The first-order valence-electron chi connectivity index (χ1n) is 6.67. The largest absolute Gasteiger partial charge is 0.382 e. The Morgan fingerprint density at radius 3 is 2.26 bits per heavy atom. The van der Waals surface area contributed by atoms with Crippen LogP contribution in [0.3, 0.4) is 0 Å². The maximum absolute atomic E-state index is 8.76. The lowest BCUT2D eigenvalue weighted by atomic mass is 9.76. The molecule has 2 nitrogen and oxygen atoms in total. The van der Waals surface area contributed by atoms with Gasteiger partial charge in [-0.2, -0.15) is 5.26 Å². The summed E-state index contributed by atoms with van der Waals surface area (Å²) in [7, 11) is 0. The van der Waals surface area contributed by atoms with Crippen molar-refractivity contribution in [2.75, 3.05) is 5.32 Å². The van der Waals surface area contributed by atoms with Crippen LogP contribution in [-0.4, -0.2) is 6.04 Å². The fourth-order valence-electron chi connectivity index (χ4n) is 2.61. The van der Waals surface area contributed by atoms with E-state index in [4.69, 9.17) is 5.26 Å². The molecular formula is C17H16N2.